The maximum Gasteiger partial charge on any atom is 0.363 e. The van der Waals surface area contributed by atoms with Crippen molar-refractivity contribution in [3.05, 3.63) is 23.8 Å². The lowest BCUT2D eigenvalue weighted by Crippen LogP contribution is -2.50. The Balaban J connectivity index is 2.11. The molecule has 1 aromatic rings. The molecule has 0 saturated heterocycles. The van der Waals surface area contributed by atoms with Crippen molar-refractivity contribution in [1.29, 1.82) is 0 Å². The molecule has 4 nitrogen and oxygen atoms in total. The molecule has 0 aromatic heterocycles. The summed E-state index contributed by atoms with van der Waals surface area (Å²) in [5.74, 6) is -0.00707. The zero-order valence-corrected chi connectivity index (χ0v) is 10.3. The number of fused-ring (bicyclic) bond motifs is 1. The van der Waals surface area contributed by atoms with Crippen molar-refractivity contribution in [3.8, 4) is 11.5 Å². The Morgan fingerprint density at radius 2 is 1.95 bits per heavy atom. The van der Waals surface area contributed by atoms with Gasteiger partial charge in [0.05, 0.1) is 6.04 Å². The van der Waals surface area contributed by atoms with Crippen molar-refractivity contribution in [2.75, 3.05) is 6.79 Å². The van der Waals surface area contributed by atoms with Crippen LogP contribution in [0.5, 0.6) is 11.5 Å². The number of nitrogens with one attached hydrogen (secondary N) is 1. The molecule has 0 amide bonds. The van der Waals surface area contributed by atoms with E-state index in [4.69, 9.17) is 9.47 Å². The number of carbonyl (C=O) groups is 1. The summed E-state index contributed by atoms with van der Waals surface area (Å²) in [6.07, 6.45) is -3.89. The third-order valence-electron chi connectivity index (χ3n) is 2.73. The summed E-state index contributed by atoms with van der Waals surface area (Å²) in [7, 11) is 0. The van der Waals surface area contributed by atoms with Gasteiger partial charge in [0.1, 0.15) is 0 Å². The summed E-state index contributed by atoms with van der Waals surface area (Å²) < 4.78 is 59.9. The van der Waals surface area contributed by atoms with E-state index in [1.807, 2.05) is 0 Å². The van der Waals surface area contributed by atoms with E-state index in [-0.39, 0.29) is 12.4 Å². The van der Waals surface area contributed by atoms with Gasteiger partial charge in [-0.25, -0.2) is 14.1 Å². The molecule has 0 aliphatic carbocycles. The number of halogens is 4. The minimum Gasteiger partial charge on any atom is -0.454 e. The van der Waals surface area contributed by atoms with E-state index < -0.39 is 24.3 Å². The molecule has 0 spiro atoms. The van der Waals surface area contributed by atoms with Crippen molar-refractivity contribution in [3.63, 3.8) is 0 Å². The highest BCUT2D eigenvalue weighted by Gasteiger charge is 2.42. The van der Waals surface area contributed by atoms with Crippen LogP contribution in [0.25, 0.3) is 0 Å². The molecule has 110 valence electrons. The van der Waals surface area contributed by atoms with Crippen LogP contribution >= 0.6 is 0 Å². The van der Waals surface area contributed by atoms with E-state index in [1.165, 1.54) is 23.5 Å². The number of alkyl halides is 4. The fourth-order valence-corrected chi connectivity index (χ4v) is 1.72. The van der Waals surface area contributed by atoms with Crippen LogP contribution < -0.4 is 14.8 Å². The first-order valence-electron chi connectivity index (χ1n) is 5.69. The molecule has 0 bridgehead atoms. The van der Waals surface area contributed by atoms with Gasteiger partial charge in [-0.3, -0.25) is 4.79 Å². The lowest BCUT2D eigenvalue weighted by Gasteiger charge is -2.21. The van der Waals surface area contributed by atoms with Crippen molar-refractivity contribution in [2.24, 2.45) is 0 Å². The van der Waals surface area contributed by atoms with E-state index in [0.29, 0.717) is 11.5 Å². The number of rotatable bonds is 5. The molecular weight excluding hydrogens is 282 g/mol. The van der Waals surface area contributed by atoms with Gasteiger partial charge in [0, 0.05) is 5.56 Å². The Labute approximate surface area is 111 Å². The zero-order chi connectivity index (χ0) is 14.9. The summed E-state index contributed by atoms with van der Waals surface area (Å²) >= 11 is 0. The van der Waals surface area contributed by atoms with Gasteiger partial charge in [-0.2, -0.15) is 8.78 Å². The standard InChI is InChI=1S/C12H11F4NO3/c1-6(17-12(15,16)11(13)14)10(18)7-2-3-8-9(4-7)20-5-19-8/h2-4,6,11,17H,5H2,1H3. The molecular formula is C12H11F4NO3. The third-order valence-corrected chi connectivity index (χ3v) is 2.73. The highest BCUT2D eigenvalue weighted by atomic mass is 19.3. The summed E-state index contributed by atoms with van der Waals surface area (Å²) in [5, 5.41) is 1.32. The van der Waals surface area contributed by atoms with Crippen molar-refractivity contribution >= 4 is 5.78 Å². The van der Waals surface area contributed by atoms with Crippen LogP contribution in [0.1, 0.15) is 17.3 Å². The van der Waals surface area contributed by atoms with Gasteiger partial charge >= 0.3 is 12.5 Å². The van der Waals surface area contributed by atoms with Gasteiger partial charge in [0.15, 0.2) is 17.3 Å². The summed E-state index contributed by atoms with van der Waals surface area (Å²) in [4.78, 5) is 11.9. The Kier molecular flexibility index (Phi) is 3.85. The molecule has 1 unspecified atom stereocenters. The van der Waals surface area contributed by atoms with Gasteiger partial charge in [0.2, 0.25) is 6.79 Å². The second-order valence-electron chi connectivity index (χ2n) is 4.22. The zero-order valence-electron chi connectivity index (χ0n) is 10.3. The molecule has 1 aromatic carbocycles. The van der Waals surface area contributed by atoms with Crippen molar-refractivity contribution < 1.29 is 31.8 Å². The van der Waals surface area contributed by atoms with Crippen LogP contribution in [0, 0.1) is 0 Å². The topological polar surface area (TPSA) is 47.6 Å². The predicted molar refractivity (Wildman–Crippen MR) is 60.4 cm³/mol. The second kappa shape index (κ2) is 5.28. The van der Waals surface area contributed by atoms with Crippen LogP contribution in [0.4, 0.5) is 17.6 Å². The Bertz CT molecular complexity index is 521. The number of hydrogen-bond donors (Lipinski definition) is 1. The van der Waals surface area contributed by atoms with Gasteiger partial charge in [-0.1, -0.05) is 0 Å². The normalized spacial score (nSPS) is 15.5. The summed E-state index contributed by atoms with van der Waals surface area (Å²) in [6.45, 7) is 1.09. The molecule has 1 heterocycles. The monoisotopic (exact) mass is 293 g/mol. The largest absolute Gasteiger partial charge is 0.454 e. The third kappa shape index (κ3) is 2.84. The first kappa shape index (κ1) is 14.6. The number of carbonyl (C=O) groups excluding carboxylic acids is 1. The number of ketones is 1. The van der Waals surface area contributed by atoms with E-state index in [1.54, 1.807) is 0 Å². The molecule has 1 aliphatic heterocycles. The first-order chi connectivity index (χ1) is 9.31. The molecule has 2 rings (SSSR count). The lowest BCUT2D eigenvalue weighted by molar-refractivity contribution is -0.153. The van der Waals surface area contributed by atoms with Crippen LogP contribution in [0.3, 0.4) is 0 Å². The maximum atomic E-state index is 12.8. The van der Waals surface area contributed by atoms with Gasteiger partial charge in [-0.05, 0) is 25.1 Å². The summed E-state index contributed by atoms with van der Waals surface area (Å²) in [5.41, 5.74) is 0.0688. The van der Waals surface area contributed by atoms with E-state index >= 15 is 0 Å². The lowest BCUT2D eigenvalue weighted by atomic mass is 10.0. The van der Waals surface area contributed by atoms with E-state index in [0.717, 1.165) is 6.92 Å². The van der Waals surface area contributed by atoms with Gasteiger partial charge in [-0.15, -0.1) is 0 Å². The molecule has 1 atom stereocenters. The van der Waals surface area contributed by atoms with E-state index in [9.17, 15) is 22.4 Å². The molecule has 0 radical (unpaired) electrons. The predicted octanol–water partition coefficient (Wildman–Crippen LogP) is 2.43. The molecule has 0 fully saturated rings. The van der Waals surface area contributed by atoms with Crippen molar-refractivity contribution in [2.45, 2.75) is 25.4 Å². The number of ether oxygens (including phenoxy) is 2. The summed E-state index contributed by atoms with van der Waals surface area (Å²) in [6, 6.07) is -1.77. The number of benzene rings is 1. The smallest absolute Gasteiger partial charge is 0.363 e. The van der Waals surface area contributed by atoms with Gasteiger partial charge < -0.3 is 9.47 Å². The molecule has 0 saturated carbocycles. The highest BCUT2D eigenvalue weighted by molar-refractivity contribution is 6.00. The van der Waals surface area contributed by atoms with Crippen molar-refractivity contribution in [1.82, 2.24) is 5.32 Å². The van der Waals surface area contributed by atoms with E-state index in [2.05, 4.69) is 0 Å². The molecule has 8 heteroatoms. The number of hydrogen-bond acceptors (Lipinski definition) is 4. The number of Topliss-reactive ketones (excluding diaryl/α,β-unsaturated/α-hetero) is 1. The minimum atomic E-state index is -4.43. The fraction of sp³-hybridized carbons (Fsp3) is 0.417. The maximum absolute atomic E-state index is 12.8. The van der Waals surface area contributed by atoms with Crippen LogP contribution in [-0.2, 0) is 0 Å². The Hall–Kier alpha value is -1.83. The van der Waals surface area contributed by atoms with Crippen LogP contribution in [0.2, 0.25) is 0 Å². The second-order valence-corrected chi connectivity index (χ2v) is 4.22. The van der Waals surface area contributed by atoms with Crippen LogP contribution in [-0.4, -0.2) is 31.1 Å². The molecule has 1 N–H and O–H groups in total. The highest BCUT2D eigenvalue weighted by Crippen LogP contribution is 2.33. The average Bonchev–Trinajstić information content (AvgIpc) is 2.84. The Morgan fingerprint density at radius 1 is 1.30 bits per heavy atom. The molecule has 20 heavy (non-hydrogen) atoms. The SMILES string of the molecule is CC(NC(F)(F)C(F)F)C(=O)c1ccc2c(c1)OCO2. The average molecular weight is 293 g/mol. The fourth-order valence-electron chi connectivity index (χ4n) is 1.72. The quantitative estimate of drug-likeness (QED) is 0.514. The minimum absolute atomic E-state index is 0.00420. The molecule has 1 aliphatic rings. The van der Waals surface area contributed by atoms with Crippen LogP contribution in [0.15, 0.2) is 18.2 Å². The first-order valence-corrected chi connectivity index (χ1v) is 5.69. The Morgan fingerprint density at radius 3 is 2.60 bits per heavy atom. The van der Waals surface area contributed by atoms with Gasteiger partial charge in [0.25, 0.3) is 0 Å².